The molecular weight excluding hydrogens is 666 g/mol. The number of hydrogen-bond acceptors (Lipinski definition) is 10. The first-order valence-corrected chi connectivity index (χ1v) is 15.8. The van der Waals surface area contributed by atoms with Crippen LogP contribution in [0, 0.1) is 19.7 Å². The molecule has 2 aliphatic rings. The Hall–Kier alpha value is -5.39. The molecule has 2 amide bonds. The van der Waals surface area contributed by atoms with E-state index in [2.05, 4.69) is 25.4 Å². The molecule has 0 bridgehead atoms. The van der Waals surface area contributed by atoms with Gasteiger partial charge in [0.1, 0.15) is 24.4 Å². The topological polar surface area (TPSA) is 160 Å². The van der Waals surface area contributed by atoms with Gasteiger partial charge < -0.3 is 29.5 Å². The summed E-state index contributed by atoms with van der Waals surface area (Å²) in [4.78, 5) is 56.6. The average molecular weight is 700 g/mol. The number of hydrogen-bond donors (Lipinski definition) is 2. The van der Waals surface area contributed by atoms with E-state index >= 15 is 0 Å². The Morgan fingerprint density at radius 2 is 1.84 bits per heavy atom. The summed E-state index contributed by atoms with van der Waals surface area (Å²) in [6.45, 7) is 5.58. The number of aromatic hydroxyl groups is 1. The van der Waals surface area contributed by atoms with E-state index in [1.54, 1.807) is 24.8 Å². The molecule has 14 nitrogen and oxygen atoms in total. The lowest BCUT2D eigenvalue weighted by atomic mass is 10.1. The molecule has 2 aliphatic heterocycles. The number of carbonyl (C=O) groups is 2. The first-order chi connectivity index (χ1) is 23.8. The van der Waals surface area contributed by atoms with E-state index in [-0.39, 0.29) is 78.3 Å². The first kappa shape index (κ1) is 34.5. The fourth-order valence-electron chi connectivity index (χ4n) is 6.07. The number of rotatable bonds is 7. The number of benzene rings is 1. The van der Waals surface area contributed by atoms with E-state index in [1.165, 1.54) is 15.8 Å². The van der Waals surface area contributed by atoms with Crippen molar-refractivity contribution in [2.75, 3.05) is 49.6 Å². The maximum absolute atomic E-state index is 14.7. The van der Waals surface area contributed by atoms with Crippen molar-refractivity contribution in [3.05, 3.63) is 74.7 Å². The SMILES string of the molecule is CCc1c(N2CCN(C(=O)c3ncnc(C)c3O)CC2)c(=O)n2nc(C3=CCOCC3)nc2n1CC(=O)Nc1ccc(C(F)(F)F)c(F)c1C. The molecule has 0 radical (unpaired) electrons. The van der Waals surface area contributed by atoms with Crippen molar-refractivity contribution in [3.8, 4) is 5.75 Å². The Bertz CT molecular complexity index is 2080. The first-order valence-electron chi connectivity index (χ1n) is 15.8. The second-order valence-corrected chi connectivity index (χ2v) is 11.8. The zero-order valence-electron chi connectivity index (χ0n) is 27.3. The molecule has 3 aromatic heterocycles. The van der Waals surface area contributed by atoms with Gasteiger partial charge in [0.2, 0.25) is 11.7 Å². The average Bonchev–Trinajstić information content (AvgIpc) is 3.55. The fraction of sp³-hybridized carbons (Fsp3) is 0.406. The van der Waals surface area contributed by atoms with Crippen LogP contribution in [-0.2, 0) is 28.7 Å². The summed E-state index contributed by atoms with van der Waals surface area (Å²) in [6.07, 6.45) is -1.16. The number of ether oxygens (including phenoxy) is 1. The minimum atomic E-state index is -4.91. The maximum Gasteiger partial charge on any atom is 0.419 e. The van der Waals surface area contributed by atoms with Gasteiger partial charge in [0, 0.05) is 37.4 Å². The second-order valence-electron chi connectivity index (χ2n) is 11.8. The van der Waals surface area contributed by atoms with Gasteiger partial charge in [-0.25, -0.2) is 14.4 Å². The van der Waals surface area contributed by atoms with Crippen LogP contribution in [0.25, 0.3) is 11.4 Å². The summed E-state index contributed by atoms with van der Waals surface area (Å²) in [6, 6.07) is 1.55. The third kappa shape index (κ3) is 6.37. The van der Waals surface area contributed by atoms with Crippen LogP contribution in [0.3, 0.4) is 0 Å². The number of carbonyl (C=O) groups excluding carboxylic acids is 2. The molecule has 2 N–H and O–H groups in total. The predicted molar refractivity (Wildman–Crippen MR) is 171 cm³/mol. The van der Waals surface area contributed by atoms with Crippen molar-refractivity contribution in [2.24, 2.45) is 0 Å². The Morgan fingerprint density at radius 1 is 1.10 bits per heavy atom. The molecule has 0 aliphatic carbocycles. The Labute approximate surface area is 282 Å². The molecule has 1 saturated heterocycles. The molecular formula is C32H33F4N9O5. The number of nitrogens with one attached hydrogen (secondary N) is 1. The van der Waals surface area contributed by atoms with E-state index in [4.69, 9.17) is 4.74 Å². The lowest BCUT2D eigenvalue weighted by Gasteiger charge is -2.36. The molecule has 0 atom stereocenters. The number of piperazine rings is 1. The summed E-state index contributed by atoms with van der Waals surface area (Å²) in [7, 11) is 0. The summed E-state index contributed by atoms with van der Waals surface area (Å²) in [5.41, 5.74) is -0.931. The number of alkyl halides is 3. The van der Waals surface area contributed by atoms with Crippen LogP contribution in [0.4, 0.5) is 28.9 Å². The van der Waals surface area contributed by atoms with Crippen molar-refractivity contribution in [3.63, 3.8) is 0 Å². The summed E-state index contributed by atoms with van der Waals surface area (Å²) >= 11 is 0. The monoisotopic (exact) mass is 699 g/mol. The fourth-order valence-corrected chi connectivity index (χ4v) is 6.07. The van der Waals surface area contributed by atoms with E-state index < -0.39 is 41.5 Å². The van der Waals surface area contributed by atoms with Crippen molar-refractivity contribution < 1.29 is 37.0 Å². The Balaban J connectivity index is 1.36. The molecule has 1 fully saturated rings. The van der Waals surface area contributed by atoms with Gasteiger partial charge in [0.15, 0.2) is 17.3 Å². The minimum Gasteiger partial charge on any atom is -0.504 e. The zero-order chi connectivity index (χ0) is 35.9. The van der Waals surface area contributed by atoms with Gasteiger partial charge in [0.25, 0.3) is 11.5 Å². The van der Waals surface area contributed by atoms with E-state index in [9.17, 15) is 37.1 Å². The van der Waals surface area contributed by atoms with Crippen LogP contribution >= 0.6 is 0 Å². The lowest BCUT2D eigenvalue weighted by molar-refractivity contribution is -0.140. The summed E-state index contributed by atoms with van der Waals surface area (Å²) in [5, 5.41) is 17.4. The number of nitrogens with zero attached hydrogens (tertiary/aromatic N) is 8. The number of halogens is 4. The molecule has 18 heteroatoms. The van der Waals surface area contributed by atoms with Gasteiger partial charge in [-0.2, -0.15) is 22.7 Å². The van der Waals surface area contributed by atoms with Crippen LogP contribution in [0.1, 0.15) is 52.2 Å². The van der Waals surface area contributed by atoms with Crippen LogP contribution in [0.2, 0.25) is 0 Å². The third-order valence-corrected chi connectivity index (χ3v) is 8.77. The number of aromatic nitrogens is 6. The van der Waals surface area contributed by atoms with Gasteiger partial charge in [0.05, 0.1) is 30.2 Å². The van der Waals surface area contributed by atoms with Crippen molar-refractivity contribution >= 4 is 34.5 Å². The highest BCUT2D eigenvalue weighted by molar-refractivity contribution is 5.95. The molecule has 1 aromatic carbocycles. The van der Waals surface area contributed by atoms with Crippen LogP contribution in [0.15, 0.2) is 29.3 Å². The molecule has 4 aromatic rings. The normalized spacial score (nSPS) is 15.4. The van der Waals surface area contributed by atoms with Crippen LogP contribution < -0.4 is 15.8 Å². The largest absolute Gasteiger partial charge is 0.504 e. The molecule has 6 rings (SSSR count). The molecule has 50 heavy (non-hydrogen) atoms. The smallest absolute Gasteiger partial charge is 0.419 e. The highest BCUT2D eigenvalue weighted by Gasteiger charge is 2.35. The van der Waals surface area contributed by atoms with Crippen LogP contribution in [0.5, 0.6) is 5.75 Å². The lowest BCUT2D eigenvalue weighted by Crippen LogP contribution is -2.51. The van der Waals surface area contributed by atoms with Gasteiger partial charge >= 0.3 is 6.18 Å². The highest BCUT2D eigenvalue weighted by atomic mass is 19.4. The quantitative estimate of drug-likeness (QED) is 0.275. The maximum atomic E-state index is 14.7. The van der Waals surface area contributed by atoms with E-state index in [0.29, 0.717) is 31.4 Å². The summed E-state index contributed by atoms with van der Waals surface area (Å²) in [5.74, 6) is -2.67. The predicted octanol–water partition coefficient (Wildman–Crippen LogP) is 3.13. The Kier molecular flexibility index (Phi) is 9.30. The second kappa shape index (κ2) is 13.5. The number of anilines is 2. The number of aryl methyl sites for hydroxylation is 1. The van der Waals surface area contributed by atoms with Gasteiger partial charge in [-0.15, -0.1) is 5.10 Å². The van der Waals surface area contributed by atoms with Crippen molar-refractivity contribution in [1.29, 1.82) is 0 Å². The van der Waals surface area contributed by atoms with Crippen molar-refractivity contribution in [1.82, 2.24) is 34.0 Å². The number of fused-ring (bicyclic) bond motifs is 1. The van der Waals surface area contributed by atoms with E-state index in [1.807, 2.05) is 0 Å². The van der Waals surface area contributed by atoms with Crippen LogP contribution in [-0.4, -0.2) is 90.3 Å². The molecule has 0 saturated carbocycles. The van der Waals surface area contributed by atoms with Crippen molar-refractivity contribution in [2.45, 2.75) is 46.3 Å². The molecule has 5 heterocycles. The summed E-state index contributed by atoms with van der Waals surface area (Å²) < 4.78 is 62.4. The number of amides is 2. The molecule has 264 valence electrons. The standard InChI is InChI=1S/C32H33F4N9O5/c1-4-22-26(42-9-11-43(12-10-42)29(48)25-27(47)18(3)37-16-38-25)30(49)45-31(40-28(41-45)19-7-13-50-14-8-19)44(22)15-23(46)39-21-6-5-20(32(34,35)36)24(33)17(21)2/h5-7,16,47H,4,8-15H2,1-3H3,(H,39,46). The molecule has 0 unspecified atom stereocenters. The highest BCUT2D eigenvalue weighted by Crippen LogP contribution is 2.35. The zero-order valence-corrected chi connectivity index (χ0v) is 27.3. The Morgan fingerprint density at radius 3 is 2.50 bits per heavy atom. The molecule has 0 spiro atoms. The minimum absolute atomic E-state index is 0.0619. The van der Waals surface area contributed by atoms with Gasteiger partial charge in [-0.3, -0.25) is 14.4 Å². The van der Waals surface area contributed by atoms with E-state index in [0.717, 1.165) is 23.1 Å². The third-order valence-electron chi connectivity index (χ3n) is 8.77. The van der Waals surface area contributed by atoms with Gasteiger partial charge in [-0.1, -0.05) is 13.0 Å². The van der Waals surface area contributed by atoms with Gasteiger partial charge in [-0.05, 0) is 44.4 Å².